The van der Waals surface area contributed by atoms with Gasteiger partial charge in [-0.15, -0.1) is 0 Å². The molecule has 0 saturated carbocycles. The number of imidazole rings is 1. The number of aryl methyl sites for hydroxylation is 1. The van der Waals surface area contributed by atoms with Gasteiger partial charge in [0.1, 0.15) is 11.4 Å². The zero-order valence-corrected chi connectivity index (χ0v) is 27.9. The Morgan fingerprint density at radius 3 is 2.78 bits per heavy atom. The lowest BCUT2D eigenvalue weighted by Crippen LogP contribution is -2.33. The number of alkyl carbamates (subject to hydrolysis) is 1. The van der Waals surface area contributed by atoms with Gasteiger partial charge in [0.2, 0.25) is 0 Å². The molecule has 1 atom stereocenters. The topological polar surface area (TPSA) is 138 Å². The van der Waals surface area contributed by atoms with Crippen LogP contribution in [0.5, 0.6) is 5.75 Å². The molecule has 1 unspecified atom stereocenters. The number of aromatic amines is 1. The molecule has 49 heavy (non-hydrogen) atoms. The third-order valence-electron chi connectivity index (χ3n) is 8.73. The van der Waals surface area contributed by atoms with Crippen LogP contribution in [0.4, 0.5) is 4.79 Å². The number of nitrogens with zero attached hydrogens (tertiary/aromatic N) is 3. The number of carbonyl (C=O) groups is 2. The summed E-state index contributed by atoms with van der Waals surface area (Å²) in [6.07, 6.45) is 6.34. The molecule has 6 aromatic rings. The number of phenolic OH excluding ortho intramolecular Hbond substituents is 1. The molecule has 3 aromatic carbocycles. The van der Waals surface area contributed by atoms with Crippen molar-refractivity contribution >= 4 is 33.8 Å². The predicted molar refractivity (Wildman–Crippen MR) is 188 cm³/mol. The Balaban J connectivity index is 1.00. The van der Waals surface area contributed by atoms with Crippen LogP contribution in [-0.2, 0) is 30.9 Å². The lowest BCUT2D eigenvalue weighted by atomic mass is 9.95. The van der Waals surface area contributed by atoms with Crippen LogP contribution in [0.25, 0.3) is 21.8 Å². The maximum atomic E-state index is 12.8. The maximum Gasteiger partial charge on any atom is 0.407 e. The maximum absolute atomic E-state index is 12.8. The number of rotatable bonds is 11. The van der Waals surface area contributed by atoms with Crippen molar-refractivity contribution in [1.82, 2.24) is 35.1 Å². The van der Waals surface area contributed by atoms with E-state index >= 15 is 0 Å². The van der Waals surface area contributed by atoms with E-state index in [1.807, 2.05) is 49.9 Å². The van der Waals surface area contributed by atoms with Gasteiger partial charge in [-0.1, -0.05) is 30.3 Å². The van der Waals surface area contributed by atoms with Gasteiger partial charge in [-0.25, -0.2) is 9.78 Å². The van der Waals surface area contributed by atoms with Gasteiger partial charge in [-0.05, 0) is 80.1 Å². The molecule has 0 saturated heterocycles. The highest BCUT2D eigenvalue weighted by molar-refractivity contribution is 6.01. The monoisotopic (exact) mass is 659 g/mol. The molecule has 0 bridgehead atoms. The molecule has 5 N–H and O–H groups in total. The summed E-state index contributed by atoms with van der Waals surface area (Å²) < 4.78 is 9.55. The average Bonchev–Trinajstić information content (AvgIpc) is 3.83. The van der Waals surface area contributed by atoms with E-state index < -0.39 is 11.7 Å². The summed E-state index contributed by atoms with van der Waals surface area (Å²) in [6, 6.07) is 21.3. The zero-order valence-electron chi connectivity index (χ0n) is 27.9. The summed E-state index contributed by atoms with van der Waals surface area (Å²) in [4.78, 5) is 32.9. The van der Waals surface area contributed by atoms with Gasteiger partial charge in [0.15, 0.2) is 0 Å². The fourth-order valence-electron chi connectivity index (χ4n) is 6.56. The van der Waals surface area contributed by atoms with Gasteiger partial charge in [-0.3, -0.25) is 4.79 Å². The molecule has 0 spiro atoms. The second kappa shape index (κ2) is 13.2. The minimum Gasteiger partial charge on any atom is -0.508 e. The first kappa shape index (κ1) is 32.0. The van der Waals surface area contributed by atoms with Crippen molar-refractivity contribution in [2.75, 3.05) is 6.54 Å². The highest BCUT2D eigenvalue weighted by atomic mass is 16.6. The SMILES string of the molecule is CC(C)(C)OC(=O)NCCCn1cnc(Cn2ccc3ccc(CNCc4[nH]c5ccccc5c4C4NC(=O)c5ccc(O)cc54)cc32)c1. The number of phenols is 1. The smallest absolute Gasteiger partial charge is 0.407 e. The van der Waals surface area contributed by atoms with E-state index in [4.69, 9.17) is 4.74 Å². The zero-order chi connectivity index (χ0) is 34.1. The number of aromatic hydroxyl groups is 1. The number of para-hydroxylation sites is 1. The Morgan fingerprint density at radius 2 is 1.92 bits per heavy atom. The van der Waals surface area contributed by atoms with E-state index in [1.165, 1.54) is 0 Å². The molecule has 7 rings (SSSR count). The molecule has 1 aliphatic heterocycles. The number of hydrogen-bond donors (Lipinski definition) is 5. The molecule has 11 nitrogen and oxygen atoms in total. The largest absolute Gasteiger partial charge is 0.508 e. The molecule has 3 aromatic heterocycles. The summed E-state index contributed by atoms with van der Waals surface area (Å²) in [5.41, 5.74) is 7.08. The molecule has 11 heteroatoms. The van der Waals surface area contributed by atoms with Gasteiger partial charge in [0.25, 0.3) is 5.91 Å². The van der Waals surface area contributed by atoms with Crippen molar-refractivity contribution < 1.29 is 19.4 Å². The number of fused-ring (bicyclic) bond motifs is 3. The highest BCUT2D eigenvalue weighted by Crippen LogP contribution is 2.38. The Bertz CT molecular complexity index is 2150. The van der Waals surface area contributed by atoms with Crippen molar-refractivity contribution in [2.45, 2.75) is 65.0 Å². The summed E-state index contributed by atoms with van der Waals surface area (Å²) in [5, 5.41) is 22.0. The van der Waals surface area contributed by atoms with E-state index in [0.717, 1.165) is 62.8 Å². The quantitative estimate of drug-likeness (QED) is 0.106. The van der Waals surface area contributed by atoms with Crippen molar-refractivity contribution in [2.24, 2.45) is 0 Å². The van der Waals surface area contributed by atoms with Gasteiger partial charge >= 0.3 is 6.09 Å². The number of benzene rings is 3. The standard InChI is InChI=1S/C38H41N7O4/c1-38(2,3)49-37(48)40-14-6-15-44-21-26(41-23-44)22-45-16-13-25-10-9-24(17-33(25)45)19-39-20-32-34(29-7-4-5-8-31(29)42-32)35-30-18-27(46)11-12-28(30)36(47)43-35/h4-5,7-13,16-18,21,23,35,39,42,46H,6,14-15,19-20,22H2,1-3H3,(H,40,48)(H,43,47). The van der Waals surface area contributed by atoms with E-state index in [2.05, 4.69) is 73.2 Å². The van der Waals surface area contributed by atoms with Crippen LogP contribution in [0.3, 0.4) is 0 Å². The molecule has 0 aliphatic carbocycles. The van der Waals surface area contributed by atoms with E-state index in [0.29, 0.717) is 31.7 Å². The third kappa shape index (κ3) is 7.02. The van der Waals surface area contributed by atoms with Crippen molar-refractivity contribution in [3.63, 3.8) is 0 Å². The van der Waals surface area contributed by atoms with E-state index in [1.54, 1.807) is 18.2 Å². The average molecular weight is 660 g/mol. The van der Waals surface area contributed by atoms with Crippen LogP contribution >= 0.6 is 0 Å². The molecule has 4 heterocycles. The molecule has 0 radical (unpaired) electrons. The third-order valence-corrected chi connectivity index (χ3v) is 8.73. The molecule has 2 amide bonds. The first-order valence-corrected chi connectivity index (χ1v) is 16.6. The minimum atomic E-state index is -0.511. The number of hydrogen-bond acceptors (Lipinski definition) is 6. The summed E-state index contributed by atoms with van der Waals surface area (Å²) >= 11 is 0. The Hall–Kier alpha value is -5.55. The normalized spacial score (nSPS) is 14.3. The summed E-state index contributed by atoms with van der Waals surface area (Å²) in [5.74, 6) is -0.00203. The van der Waals surface area contributed by atoms with Crippen LogP contribution in [0.1, 0.15) is 71.7 Å². The second-order valence-corrected chi connectivity index (χ2v) is 13.6. The van der Waals surface area contributed by atoms with Gasteiger partial charge in [-0.2, -0.15) is 0 Å². The van der Waals surface area contributed by atoms with Crippen LogP contribution in [-0.4, -0.2) is 48.4 Å². The van der Waals surface area contributed by atoms with E-state index in [-0.39, 0.29) is 17.7 Å². The number of ether oxygens (including phenoxy) is 1. The number of aromatic nitrogens is 4. The molecular formula is C38H41N7O4. The number of nitrogens with one attached hydrogen (secondary N) is 4. The van der Waals surface area contributed by atoms with E-state index in [9.17, 15) is 14.7 Å². The van der Waals surface area contributed by atoms with Gasteiger partial charge < -0.3 is 39.9 Å². The number of amides is 2. The van der Waals surface area contributed by atoms with Gasteiger partial charge in [0.05, 0.1) is 24.6 Å². The Morgan fingerprint density at radius 1 is 1.06 bits per heavy atom. The summed E-state index contributed by atoms with van der Waals surface area (Å²) in [6.45, 7) is 8.67. The second-order valence-electron chi connectivity index (χ2n) is 13.6. The highest BCUT2D eigenvalue weighted by Gasteiger charge is 2.33. The fraction of sp³-hybridized carbons (Fsp3) is 0.289. The Labute approximate surface area is 284 Å². The fourth-order valence-corrected chi connectivity index (χ4v) is 6.56. The van der Waals surface area contributed by atoms with Crippen LogP contribution in [0, 0.1) is 0 Å². The lowest BCUT2D eigenvalue weighted by molar-refractivity contribution is 0.0526. The van der Waals surface area contributed by atoms with Crippen LogP contribution in [0.2, 0.25) is 0 Å². The first-order valence-electron chi connectivity index (χ1n) is 16.6. The van der Waals surface area contributed by atoms with Crippen molar-refractivity contribution in [1.29, 1.82) is 0 Å². The minimum absolute atomic E-state index is 0.137. The van der Waals surface area contributed by atoms with Gasteiger partial charge in [0, 0.05) is 71.8 Å². The number of carbonyl (C=O) groups excluding carboxylic acids is 2. The molecule has 252 valence electrons. The number of H-pyrrole nitrogens is 1. The molecular weight excluding hydrogens is 618 g/mol. The Kier molecular flexibility index (Phi) is 8.60. The van der Waals surface area contributed by atoms with Crippen molar-refractivity contribution in [3.8, 4) is 5.75 Å². The predicted octanol–water partition coefficient (Wildman–Crippen LogP) is 6.11. The lowest BCUT2D eigenvalue weighted by Gasteiger charge is -2.19. The first-order chi connectivity index (χ1) is 23.6. The van der Waals surface area contributed by atoms with Crippen LogP contribution < -0.4 is 16.0 Å². The molecule has 1 aliphatic rings. The van der Waals surface area contributed by atoms with Crippen molar-refractivity contribution in [3.05, 3.63) is 119 Å². The van der Waals surface area contributed by atoms with Crippen LogP contribution in [0.15, 0.2) is 85.5 Å². The molecule has 0 fully saturated rings. The summed E-state index contributed by atoms with van der Waals surface area (Å²) in [7, 11) is 0.